The normalized spacial score (nSPS) is 13.4. The number of hydrogen-bond donors (Lipinski definition) is 2. The second kappa shape index (κ2) is 11.8. The topological polar surface area (TPSA) is 87.7 Å². The van der Waals surface area contributed by atoms with Crippen molar-refractivity contribution >= 4 is 34.7 Å². The molecule has 1 aliphatic carbocycles. The predicted octanol–water partition coefficient (Wildman–Crippen LogP) is 5.05. The molecule has 0 spiro atoms. The summed E-state index contributed by atoms with van der Waals surface area (Å²) in [6, 6.07) is 15.7. The Labute approximate surface area is 228 Å². The van der Waals surface area contributed by atoms with Gasteiger partial charge < -0.3 is 15.4 Å². The van der Waals surface area contributed by atoms with Gasteiger partial charge in [-0.3, -0.25) is 19.3 Å². The Morgan fingerprint density at radius 3 is 2.55 bits per heavy atom. The molecule has 0 fully saturated rings. The van der Waals surface area contributed by atoms with Crippen molar-refractivity contribution in [3.63, 3.8) is 0 Å². The zero-order chi connectivity index (χ0) is 27.3. The molecule has 0 saturated heterocycles. The van der Waals surface area contributed by atoms with Crippen LogP contribution in [0.2, 0.25) is 0 Å². The van der Waals surface area contributed by atoms with E-state index in [-0.39, 0.29) is 24.3 Å². The molecule has 2 aromatic carbocycles. The maximum atomic E-state index is 14.0. The van der Waals surface area contributed by atoms with E-state index in [1.165, 1.54) is 27.4 Å². The van der Waals surface area contributed by atoms with Gasteiger partial charge in [0.2, 0.25) is 11.8 Å². The van der Waals surface area contributed by atoms with Gasteiger partial charge in [-0.2, -0.15) is 0 Å². The van der Waals surface area contributed by atoms with Gasteiger partial charge in [0.05, 0.1) is 18.5 Å². The molecule has 0 aliphatic heterocycles. The standard InChI is InChI=1S/C30H35N3O4S/c1-5-30(2,3)32-29(36)27(22-11-7-12-24(18-22)37-4)33(23-15-14-20-9-6-10-21(20)17-23)26(34)19-31-28(35)25-13-8-16-38-25/h7-8,11-18,27H,5-6,9-10,19H2,1-4H3,(H,31,35)(H,32,36)/t27-/m0/s1. The number of aryl methyl sites for hydroxylation is 2. The second-order valence-electron chi connectivity index (χ2n) is 10.1. The van der Waals surface area contributed by atoms with Crippen LogP contribution in [0, 0.1) is 0 Å². The first kappa shape index (κ1) is 27.4. The predicted molar refractivity (Wildman–Crippen MR) is 151 cm³/mol. The minimum Gasteiger partial charge on any atom is -0.497 e. The molecule has 1 aromatic heterocycles. The Hall–Kier alpha value is -3.65. The minimum atomic E-state index is -0.971. The lowest BCUT2D eigenvalue weighted by molar-refractivity contribution is -0.127. The van der Waals surface area contributed by atoms with Gasteiger partial charge in [-0.05, 0) is 91.9 Å². The molecule has 1 aliphatic rings. The molecule has 1 heterocycles. The van der Waals surface area contributed by atoms with E-state index in [1.807, 2.05) is 56.5 Å². The van der Waals surface area contributed by atoms with Gasteiger partial charge in [-0.25, -0.2) is 0 Å². The molecule has 38 heavy (non-hydrogen) atoms. The van der Waals surface area contributed by atoms with Crippen molar-refractivity contribution in [2.75, 3.05) is 18.6 Å². The number of ether oxygens (including phenoxy) is 1. The first-order valence-electron chi connectivity index (χ1n) is 12.9. The number of nitrogens with one attached hydrogen (secondary N) is 2. The Morgan fingerprint density at radius 2 is 1.84 bits per heavy atom. The van der Waals surface area contributed by atoms with Crippen LogP contribution in [-0.2, 0) is 22.4 Å². The highest BCUT2D eigenvalue weighted by Crippen LogP contribution is 2.34. The molecule has 7 nitrogen and oxygen atoms in total. The Kier molecular flexibility index (Phi) is 8.52. The average molecular weight is 534 g/mol. The van der Waals surface area contributed by atoms with Crippen molar-refractivity contribution in [1.82, 2.24) is 10.6 Å². The van der Waals surface area contributed by atoms with Crippen molar-refractivity contribution in [2.45, 2.75) is 58.0 Å². The average Bonchev–Trinajstić information content (AvgIpc) is 3.62. The number of rotatable bonds is 10. The van der Waals surface area contributed by atoms with E-state index in [2.05, 4.69) is 10.6 Å². The molecule has 8 heteroatoms. The Morgan fingerprint density at radius 1 is 1.05 bits per heavy atom. The summed E-state index contributed by atoms with van der Waals surface area (Å²) in [5.74, 6) is -0.423. The SMILES string of the molecule is CCC(C)(C)NC(=O)[C@H](c1cccc(OC)c1)N(C(=O)CNC(=O)c1cccs1)c1ccc2c(c1)CCC2. The van der Waals surface area contributed by atoms with E-state index in [9.17, 15) is 14.4 Å². The fraction of sp³-hybridized carbons (Fsp3) is 0.367. The smallest absolute Gasteiger partial charge is 0.261 e. The van der Waals surface area contributed by atoms with E-state index in [4.69, 9.17) is 4.74 Å². The van der Waals surface area contributed by atoms with E-state index < -0.39 is 11.6 Å². The minimum absolute atomic E-state index is 0.251. The summed E-state index contributed by atoms with van der Waals surface area (Å²) in [6.07, 6.45) is 3.71. The summed E-state index contributed by atoms with van der Waals surface area (Å²) in [4.78, 5) is 42.6. The van der Waals surface area contributed by atoms with Crippen molar-refractivity contribution in [2.24, 2.45) is 0 Å². The highest BCUT2D eigenvalue weighted by molar-refractivity contribution is 7.12. The molecular weight excluding hydrogens is 498 g/mol. The van der Waals surface area contributed by atoms with Crippen LogP contribution in [0.5, 0.6) is 5.75 Å². The third kappa shape index (κ3) is 6.25. The zero-order valence-corrected chi connectivity index (χ0v) is 23.2. The van der Waals surface area contributed by atoms with Gasteiger partial charge in [0.1, 0.15) is 11.8 Å². The van der Waals surface area contributed by atoms with Crippen LogP contribution in [0.1, 0.15) is 66.0 Å². The van der Waals surface area contributed by atoms with E-state index in [0.717, 1.165) is 19.3 Å². The van der Waals surface area contributed by atoms with Gasteiger partial charge in [0.15, 0.2) is 0 Å². The van der Waals surface area contributed by atoms with Gasteiger partial charge in [0.25, 0.3) is 5.91 Å². The van der Waals surface area contributed by atoms with Crippen molar-refractivity contribution in [3.05, 3.63) is 81.5 Å². The van der Waals surface area contributed by atoms with E-state index >= 15 is 0 Å². The highest BCUT2D eigenvalue weighted by Gasteiger charge is 2.35. The quantitative estimate of drug-likeness (QED) is 0.382. The van der Waals surface area contributed by atoms with Crippen LogP contribution in [-0.4, -0.2) is 36.9 Å². The van der Waals surface area contributed by atoms with E-state index in [0.29, 0.717) is 28.3 Å². The van der Waals surface area contributed by atoms with Crippen LogP contribution in [0.25, 0.3) is 0 Å². The number of carbonyl (C=O) groups excluding carboxylic acids is 3. The zero-order valence-electron chi connectivity index (χ0n) is 22.4. The van der Waals surface area contributed by atoms with Gasteiger partial charge >= 0.3 is 0 Å². The van der Waals surface area contributed by atoms with Crippen LogP contribution < -0.4 is 20.3 Å². The van der Waals surface area contributed by atoms with Crippen LogP contribution >= 0.6 is 11.3 Å². The summed E-state index contributed by atoms with van der Waals surface area (Å²) in [5.41, 5.74) is 3.21. The molecule has 0 saturated carbocycles. The van der Waals surface area contributed by atoms with Gasteiger partial charge in [0, 0.05) is 11.2 Å². The first-order valence-corrected chi connectivity index (χ1v) is 13.8. The molecule has 1 atom stereocenters. The lowest BCUT2D eigenvalue weighted by atomic mass is 9.97. The summed E-state index contributed by atoms with van der Waals surface area (Å²) in [7, 11) is 1.57. The summed E-state index contributed by atoms with van der Waals surface area (Å²) in [5, 5.41) is 7.68. The molecule has 0 bridgehead atoms. The molecule has 3 aromatic rings. The Bertz CT molecular complexity index is 1300. The maximum Gasteiger partial charge on any atom is 0.261 e. The molecule has 4 rings (SSSR count). The number of anilines is 1. The number of methoxy groups -OCH3 is 1. The van der Waals surface area contributed by atoms with Gasteiger partial charge in [-0.1, -0.05) is 31.2 Å². The van der Waals surface area contributed by atoms with Gasteiger partial charge in [-0.15, -0.1) is 11.3 Å². The molecule has 0 radical (unpaired) electrons. The fourth-order valence-corrected chi connectivity index (χ4v) is 5.24. The van der Waals surface area contributed by atoms with Crippen molar-refractivity contribution in [3.8, 4) is 5.75 Å². The number of amides is 3. The number of fused-ring (bicyclic) bond motifs is 1. The Balaban J connectivity index is 1.76. The number of nitrogens with zero attached hydrogens (tertiary/aromatic N) is 1. The third-order valence-corrected chi connectivity index (χ3v) is 7.90. The number of hydrogen-bond acceptors (Lipinski definition) is 5. The lowest BCUT2D eigenvalue weighted by Crippen LogP contribution is -2.52. The maximum absolute atomic E-state index is 14.0. The van der Waals surface area contributed by atoms with Crippen LogP contribution in [0.3, 0.4) is 0 Å². The molecule has 0 unspecified atom stereocenters. The highest BCUT2D eigenvalue weighted by atomic mass is 32.1. The molecule has 3 amide bonds. The lowest BCUT2D eigenvalue weighted by Gasteiger charge is -2.35. The second-order valence-corrected chi connectivity index (χ2v) is 11.1. The number of benzene rings is 2. The van der Waals surface area contributed by atoms with Crippen LogP contribution in [0.4, 0.5) is 5.69 Å². The van der Waals surface area contributed by atoms with Crippen LogP contribution in [0.15, 0.2) is 60.0 Å². The number of thiophene rings is 1. The summed E-state index contributed by atoms with van der Waals surface area (Å²) >= 11 is 1.31. The monoisotopic (exact) mass is 533 g/mol. The van der Waals surface area contributed by atoms with E-state index in [1.54, 1.807) is 31.4 Å². The summed E-state index contributed by atoms with van der Waals surface area (Å²) < 4.78 is 5.44. The van der Waals surface area contributed by atoms with Crippen molar-refractivity contribution in [1.29, 1.82) is 0 Å². The third-order valence-electron chi connectivity index (χ3n) is 7.04. The molecule has 200 valence electrons. The molecule has 2 N–H and O–H groups in total. The largest absolute Gasteiger partial charge is 0.497 e. The fourth-order valence-electron chi connectivity index (χ4n) is 4.60. The van der Waals surface area contributed by atoms with Crippen molar-refractivity contribution < 1.29 is 19.1 Å². The summed E-state index contributed by atoms with van der Waals surface area (Å²) in [6.45, 7) is 5.66. The number of carbonyl (C=O) groups is 3. The first-order chi connectivity index (χ1) is 18.2. The molecular formula is C30H35N3O4S.